The maximum Gasteiger partial charge on any atom is 0.222 e. The minimum atomic E-state index is 0.217. The van der Waals surface area contributed by atoms with Crippen LogP contribution in [0.2, 0.25) is 0 Å². The largest absolute Gasteiger partial charge is 0.492 e. The number of hydrogen-bond acceptors (Lipinski definition) is 8. The van der Waals surface area contributed by atoms with E-state index >= 15 is 0 Å². The molecule has 0 aromatic carbocycles. The van der Waals surface area contributed by atoms with Crippen LogP contribution in [0.25, 0.3) is 16.6 Å². The van der Waals surface area contributed by atoms with Crippen LogP contribution >= 0.6 is 0 Å². The van der Waals surface area contributed by atoms with Gasteiger partial charge in [-0.1, -0.05) is 0 Å². The molecule has 222 valence electrons. The third kappa shape index (κ3) is 5.10. The van der Waals surface area contributed by atoms with Gasteiger partial charge in [-0.2, -0.15) is 15.5 Å². The highest BCUT2D eigenvalue weighted by Crippen LogP contribution is 2.37. The second-order valence-electron chi connectivity index (χ2n) is 12.3. The summed E-state index contributed by atoms with van der Waals surface area (Å²) >= 11 is 0. The fourth-order valence-corrected chi connectivity index (χ4v) is 6.92. The van der Waals surface area contributed by atoms with Gasteiger partial charge in [0.15, 0.2) is 0 Å². The zero-order chi connectivity index (χ0) is 29.7. The molecule has 3 atom stereocenters. The monoisotopic (exact) mass is 579 g/mol. The fraction of sp³-hybridized carbons (Fsp3) is 0.469. The first-order valence-corrected chi connectivity index (χ1v) is 15.1. The Morgan fingerprint density at radius 3 is 2.63 bits per heavy atom. The van der Waals surface area contributed by atoms with Crippen LogP contribution in [-0.4, -0.2) is 85.5 Å². The number of aryl methyl sites for hydroxylation is 1. The van der Waals surface area contributed by atoms with Gasteiger partial charge in [0.1, 0.15) is 17.6 Å². The molecule has 1 amide bonds. The molecule has 2 bridgehead atoms. The van der Waals surface area contributed by atoms with Gasteiger partial charge in [-0.25, -0.2) is 9.50 Å². The Kier molecular flexibility index (Phi) is 7.01. The summed E-state index contributed by atoms with van der Waals surface area (Å²) in [6, 6.07) is 9.48. The first-order chi connectivity index (χ1) is 20.9. The Labute approximate surface area is 251 Å². The predicted molar refractivity (Wildman–Crippen MR) is 162 cm³/mol. The zero-order valence-corrected chi connectivity index (χ0v) is 25.0. The molecule has 4 aliphatic heterocycles. The van der Waals surface area contributed by atoms with Crippen molar-refractivity contribution in [2.45, 2.75) is 51.2 Å². The van der Waals surface area contributed by atoms with Gasteiger partial charge in [0.2, 0.25) is 5.91 Å². The fourth-order valence-electron chi connectivity index (χ4n) is 6.92. The number of anilines is 1. The minimum Gasteiger partial charge on any atom is -0.492 e. The van der Waals surface area contributed by atoms with E-state index in [1.54, 1.807) is 10.7 Å². The van der Waals surface area contributed by atoms with E-state index in [9.17, 15) is 10.1 Å². The lowest BCUT2D eigenvalue weighted by Gasteiger charge is -2.56. The summed E-state index contributed by atoms with van der Waals surface area (Å²) in [6.45, 7) is 6.33. The number of hydrogen-bond donors (Lipinski definition) is 0. The van der Waals surface area contributed by atoms with E-state index in [2.05, 4.69) is 45.1 Å². The summed E-state index contributed by atoms with van der Waals surface area (Å²) in [5, 5.41) is 18.6. The third-order valence-corrected chi connectivity index (χ3v) is 9.64. The Morgan fingerprint density at radius 2 is 1.93 bits per heavy atom. The zero-order valence-electron chi connectivity index (χ0n) is 25.0. The second-order valence-corrected chi connectivity index (χ2v) is 12.3. The summed E-state index contributed by atoms with van der Waals surface area (Å²) < 4.78 is 9.86. The smallest absolute Gasteiger partial charge is 0.222 e. The molecular formula is C32H37N9O2. The molecule has 3 unspecified atom stereocenters. The van der Waals surface area contributed by atoms with Crippen LogP contribution < -0.4 is 9.64 Å². The maximum atomic E-state index is 11.8. The molecule has 0 N–H and O–H groups in total. The number of nitriles is 1. The van der Waals surface area contributed by atoms with Crippen molar-refractivity contribution >= 4 is 17.2 Å². The molecule has 0 spiro atoms. The van der Waals surface area contributed by atoms with Crippen molar-refractivity contribution in [3.8, 4) is 22.9 Å². The lowest BCUT2D eigenvalue weighted by Crippen LogP contribution is -2.68. The number of likely N-dealkylation sites (tertiary alicyclic amines) is 1. The SMILES string of the molecule is Cc1c(CN2C3CC2CN(c2ccc(-c4cc(OCCC5CCC(=O)N(C)C5)cn5ncc(C#N)c45)cn2)C3)cnn1C. The molecule has 0 saturated carbocycles. The van der Waals surface area contributed by atoms with Crippen molar-refractivity contribution in [3.05, 3.63) is 59.8 Å². The number of ether oxygens (including phenoxy) is 1. The van der Waals surface area contributed by atoms with Gasteiger partial charge in [0, 0.05) is 87.4 Å². The van der Waals surface area contributed by atoms with Crippen LogP contribution in [0.1, 0.15) is 42.5 Å². The number of carbonyl (C=O) groups excluding carboxylic acids is 1. The predicted octanol–water partition coefficient (Wildman–Crippen LogP) is 3.41. The molecule has 4 saturated heterocycles. The molecule has 4 aliphatic rings. The van der Waals surface area contributed by atoms with Crippen molar-refractivity contribution < 1.29 is 9.53 Å². The van der Waals surface area contributed by atoms with Gasteiger partial charge in [0.25, 0.3) is 0 Å². The second kappa shape index (κ2) is 11.0. The van der Waals surface area contributed by atoms with E-state index in [4.69, 9.17) is 9.72 Å². The van der Waals surface area contributed by atoms with Crippen LogP contribution in [-0.2, 0) is 18.4 Å². The number of amides is 1. The average molecular weight is 580 g/mol. The number of nitrogens with zero attached hydrogens (tertiary/aromatic N) is 9. The summed E-state index contributed by atoms with van der Waals surface area (Å²) in [7, 11) is 3.87. The Bertz CT molecular complexity index is 1690. The Morgan fingerprint density at radius 1 is 1.09 bits per heavy atom. The number of rotatable bonds is 8. The molecular weight excluding hydrogens is 542 g/mol. The van der Waals surface area contributed by atoms with Crippen LogP contribution in [0.3, 0.4) is 0 Å². The molecule has 0 radical (unpaired) electrons. The number of piperazine rings is 1. The number of piperidine rings is 2. The number of carbonyl (C=O) groups is 1. The average Bonchev–Trinajstić information content (AvgIpc) is 3.59. The highest BCUT2D eigenvalue weighted by Gasteiger charge is 2.45. The van der Waals surface area contributed by atoms with Gasteiger partial charge in [-0.05, 0) is 50.3 Å². The van der Waals surface area contributed by atoms with Gasteiger partial charge in [0.05, 0.1) is 36.3 Å². The van der Waals surface area contributed by atoms with Gasteiger partial charge < -0.3 is 14.5 Å². The summed E-state index contributed by atoms with van der Waals surface area (Å²) in [5.41, 5.74) is 5.58. The number of pyridine rings is 2. The third-order valence-electron chi connectivity index (χ3n) is 9.64. The van der Waals surface area contributed by atoms with Crippen molar-refractivity contribution in [3.63, 3.8) is 0 Å². The van der Waals surface area contributed by atoms with Gasteiger partial charge >= 0.3 is 0 Å². The van der Waals surface area contributed by atoms with Crippen molar-refractivity contribution in [2.75, 3.05) is 38.2 Å². The number of fused-ring (bicyclic) bond motifs is 3. The quantitative estimate of drug-likeness (QED) is 0.313. The molecule has 8 rings (SSSR count). The van der Waals surface area contributed by atoms with Crippen LogP contribution in [0.4, 0.5) is 5.82 Å². The lowest BCUT2D eigenvalue weighted by atomic mass is 9.87. The molecule has 0 aliphatic carbocycles. The van der Waals surface area contributed by atoms with E-state index in [1.807, 2.05) is 48.3 Å². The first-order valence-electron chi connectivity index (χ1n) is 15.1. The number of aromatic nitrogens is 5. The van der Waals surface area contributed by atoms with Crippen molar-refractivity contribution in [1.29, 1.82) is 5.26 Å². The van der Waals surface area contributed by atoms with Crippen LogP contribution in [0.15, 0.2) is 43.0 Å². The van der Waals surface area contributed by atoms with E-state index in [-0.39, 0.29) is 5.91 Å². The van der Waals surface area contributed by atoms with E-state index in [1.165, 1.54) is 17.7 Å². The molecule has 4 aromatic heterocycles. The molecule has 11 nitrogen and oxygen atoms in total. The standard InChI is InChI=1S/C32H37N9O2/c1-21-25(15-35-38(21)3)17-40-26-10-27(40)19-39(18-26)30-6-5-23(13-34-30)29-11-28(20-41-32(29)24(12-33)14-36-41)43-9-8-22-4-7-31(42)37(2)16-22/h5-6,11,13-15,20,22,26-27H,4,7-10,16-19H2,1-3H3. The van der Waals surface area contributed by atoms with Gasteiger partial charge in [-0.3, -0.25) is 14.4 Å². The van der Waals surface area contributed by atoms with Crippen LogP contribution in [0.5, 0.6) is 5.75 Å². The highest BCUT2D eigenvalue weighted by atomic mass is 16.5. The van der Waals surface area contributed by atoms with E-state index in [0.29, 0.717) is 42.3 Å². The Balaban J connectivity index is 1.05. The topological polar surface area (TPSA) is 108 Å². The first kappa shape index (κ1) is 27.4. The summed E-state index contributed by atoms with van der Waals surface area (Å²) in [4.78, 5) is 23.5. The minimum absolute atomic E-state index is 0.217. The van der Waals surface area contributed by atoms with E-state index < -0.39 is 0 Å². The summed E-state index contributed by atoms with van der Waals surface area (Å²) in [5.74, 6) is 2.32. The van der Waals surface area contributed by atoms with Gasteiger partial charge in [-0.15, -0.1) is 0 Å². The lowest BCUT2D eigenvalue weighted by molar-refractivity contribution is -0.133. The molecule has 8 heterocycles. The highest BCUT2D eigenvalue weighted by molar-refractivity contribution is 5.85. The van der Waals surface area contributed by atoms with Crippen LogP contribution in [0, 0.1) is 24.2 Å². The molecule has 4 aromatic rings. The van der Waals surface area contributed by atoms with E-state index in [0.717, 1.165) is 61.5 Å². The molecule has 4 fully saturated rings. The van der Waals surface area contributed by atoms with Crippen molar-refractivity contribution in [2.24, 2.45) is 13.0 Å². The molecule has 43 heavy (non-hydrogen) atoms. The summed E-state index contributed by atoms with van der Waals surface area (Å²) in [6.07, 6.45) is 10.9. The normalized spacial score (nSPS) is 22.1. The Hall–Kier alpha value is -4.43. The maximum absolute atomic E-state index is 11.8. The molecule has 11 heteroatoms. The van der Waals surface area contributed by atoms with Crippen molar-refractivity contribution in [1.82, 2.24) is 34.2 Å².